The number of nitro benzene ring substituents is 1. The number of hydrogen-bond acceptors (Lipinski definition) is 5. The molecule has 0 saturated carbocycles. The number of carbonyl (C=O) groups excluding carboxylic acids is 1. The lowest BCUT2D eigenvalue weighted by Crippen LogP contribution is -2.39. The maximum atomic E-state index is 13.1. The molecule has 0 radical (unpaired) electrons. The summed E-state index contributed by atoms with van der Waals surface area (Å²) in [5.41, 5.74) is 1.00. The Labute approximate surface area is 167 Å². The monoisotopic (exact) mass is 403 g/mol. The molecule has 1 saturated heterocycles. The SMILES string of the molecule is CC(Sc1ccc([N+](=O)[O-])cc1)C(=O)N1CCCN(c2ccc(F)cc2)CC1. The summed E-state index contributed by atoms with van der Waals surface area (Å²) in [6.07, 6.45) is 0.845. The van der Waals surface area contributed by atoms with E-state index in [0.717, 1.165) is 23.5 Å². The van der Waals surface area contributed by atoms with Gasteiger partial charge in [0.2, 0.25) is 5.91 Å². The van der Waals surface area contributed by atoms with Crippen LogP contribution in [-0.4, -0.2) is 47.2 Å². The number of nitro groups is 1. The van der Waals surface area contributed by atoms with Crippen molar-refractivity contribution in [3.63, 3.8) is 0 Å². The topological polar surface area (TPSA) is 66.7 Å². The fraction of sp³-hybridized carbons (Fsp3) is 0.350. The zero-order valence-electron chi connectivity index (χ0n) is 15.6. The van der Waals surface area contributed by atoms with Gasteiger partial charge in [0, 0.05) is 48.9 Å². The van der Waals surface area contributed by atoms with Crippen molar-refractivity contribution < 1.29 is 14.1 Å². The molecule has 0 spiro atoms. The first-order valence-corrected chi connectivity index (χ1v) is 10.0. The first-order valence-electron chi connectivity index (χ1n) is 9.14. The van der Waals surface area contributed by atoms with Gasteiger partial charge in [-0.05, 0) is 49.7 Å². The van der Waals surface area contributed by atoms with Gasteiger partial charge in [-0.15, -0.1) is 11.8 Å². The number of benzene rings is 2. The van der Waals surface area contributed by atoms with Crippen LogP contribution in [0.15, 0.2) is 53.4 Å². The molecule has 6 nitrogen and oxygen atoms in total. The van der Waals surface area contributed by atoms with Gasteiger partial charge in [-0.25, -0.2) is 4.39 Å². The summed E-state index contributed by atoms with van der Waals surface area (Å²) < 4.78 is 13.1. The average molecular weight is 403 g/mol. The summed E-state index contributed by atoms with van der Waals surface area (Å²) in [7, 11) is 0. The number of thioether (sulfide) groups is 1. The molecule has 0 bridgehead atoms. The molecule has 1 heterocycles. The maximum Gasteiger partial charge on any atom is 0.269 e. The number of amides is 1. The normalized spacial score (nSPS) is 15.8. The average Bonchev–Trinajstić information content (AvgIpc) is 2.94. The van der Waals surface area contributed by atoms with Crippen LogP contribution >= 0.6 is 11.8 Å². The Morgan fingerprint density at radius 3 is 2.39 bits per heavy atom. The fourth-order valence-corrected chi connectivity index (χ4v) is 4.16. The minimum absolute atomic E-state index is 0.0386. The molecule has 148 valence electrons. The van der Waals surface area contributed by atoms with Crippen molar-refractivity contribution in [1.29, 1.82) is 0 Å². The molecular formula is C20H22FN3O3S. The zero-order chi connectivity index (χ0) is 20.1. The molecule has 3 rings (SSSR count). The molecule has 2 aromatic rings. The lowest BCUT2D eigenvalue weighted by molar-refractivity contribution is -0.384. The van der Waals surface area contributed by atoms with Gasteiger partial charge in [0.1, 0.15) is 5.82 Å². The highest BCUT2D eigenvalue weighted by Gasteiger charge is 2.24. The summed E-state index contributed by atoms with van der Waals surface area (Å²) >= 11 is 1.40. The number of anilines is 1. The second-order valence-electron chi connectivity index (χ2n) is 6.65. The predicted octanol–water partition coefficient (Wildman–Crippen LogP) is 3.95. The third-order valence-electron chi connectivity index (χ3n) is 4.71. The Kier molecular flexibility index (Phi) is 6.51. The fourth-order valence-electron chi connectivity index (χ4n) is 3.21. The van der Waals surface area contributed by atoms with Gasteiger partial charge in [-0.3, -0.25) is 14.9 Å². The van der Waals surface area contributed by atoms with Crippen molar-refractivity contribution in [3.05, 3.63) is 64.5 Å². The predicted molar refractivity (Wildman–Crippen MR) is 108 cm³/mol. The van der Waals surface area contributed by atoms with E-state index >= 15 is 0 Å². The van der Waals surface area contributed by atoms with E-state index in [9.17, 15) is 19.3 Å². The number of halogens is 1. The summed E-state index contributed by atoms with van der Waals surface area (Å²) in [5.74, 6) is -0.197. The first-order chi connectivity index (χ1) is 13.4. The maximum absolute atomic E-state index is 13.1. The lowest BCUT2D eigenvalue weighted by atomic mass is 10.2. The molecular weight excluding hydrogens is 381 g/mol. The highest BCUT2D eigenvalue weighted by molar-refractivity contribution is 8.00. The Hall–Kier alpha value is -2.61. The van der Waals surface area contributed by atoms with E-state index < -0.39 is 4.92 Å². The van der Waals surface area contributed by atoms with Gasteiger partial charge in [-0.1, -0.05) is 0 Å². The number of non-ortho nitro benzene ring substituents is 1. The first kappa shape index (κ1) is 20.1. The summed E-state index contributed by atoms with van der Waals surface area (Å²) in [4.78, 5) is 28.0. The van der Waals surface area contributed by atoms with Gasteiger partial charge < -0.3 is 9.80 Å². The molecule has 1 aliphatic heterocycles. The van der Waals surface area contributed by atoms with Crippen LogP contribution in [0.2, 0.25) is 0 Å². The minimum atomic E-state index is -0.437. The number of hydrogen-bond donors (Lipinski definition) is 0. The number of nitrogens with zero attached hydrogens (tertiary/aromatic N) is 3. The largest absolute Gasteiger partial charge is 0.370 e. The van der Waals surface area contributed by atoms with Crippen LogP contribution in [-0.2, 0) is 4.79 Å². The third kappa shape index (κ3) is 5.01. The molecule has 2 aromatic carbocycles. The molecule has 1 aliphatic rings. The molecule has 1 atom stereocenters. The van der Waals surface area contributed by atoms with E-state index in [-0.39, 0.29) is 22.7 Å². The zero-order valence-corrected chi connectivity index (χ0v) is 16.4. The summed E-state index contributed by atoms with van der Waals surface area (Å²) in [5, 5.41) is 10.5. The molecule has 0 aromatic heterocycles. The van der Waals surface area contributed by atoms with Crippen molar-refractivity contribution in [2.24, 2.45) is 0 Å². The molecule has 1 amide bonds. The van der Waals surface area contributed by atoms with Gasteiger partial charge in [0.25, 0.3) is 5.69 Å². The number of rotatable bonds is 5. The Morgan fingerprint density at radius 1 is 1.07 bits per heavy atom. The van der Waals surface area contributed by atoms with Gasteiger partial charge in [0.05, 0.1) is 10.2 Å². The molecule has 8 heteroatoms. The highest BCUT2D eigenvalue weighted by Crippen LogP contribution is 2.27. The van der Waals surface area contributed by atoms with E-state index in [0.29, 0.717) is 19.6 Å². The molecule has 1 unspecified atom stereocenters. The van der Waals surface area contributed by atoms with Crippen LogP contribution in [0.25, 0.3) is 0 Å². The van der Waals surface area contributed by atoms with E-state index in [1.54, 1.807) is 24.3 Å². The van der Waals surface area contributed by atoms with Crippen LogP contribution in [0, 0.1) is 15.9 Å². The van der Waals surface area contributed by atoms with E-state index in [4.69, 9.17) is 0 Å². The Bertz CT molecular complexity index is 830. The van der Waals surface area contributed by atoms with Crippen molar-refractivity contribution in [2.75, 3.05) is 31.1 Å². The lowest BCUT2D eigenvalue weighted by Gasteiger charge is -2.25. The van der Waals surface area contributed by atoms with Crippen molar-refractivity contribution in [2.45, 2.75) is 23.5 Å². The second-order valence-corrected chi connectivity index (χ2v) is 8.07. The molecule has 0 aliphatic carbocycles. The Morgan fingerprint density at radius 2 is 1.75 bits per heavy atom. The van der Waals surface area contributed by atoms with Gasteiger partial charge in [-0.2, -0.15) is 0 Å². The van der Waals surface area contributed by atoms with Crippen LogP contribution in [0.4, 0.5) is 15.8 Å². The smallest absolute Gasteiger partial charge is 0.269 e. The van der Waals surface area contributed by atoms with Crippen molar-refractivity contribution in [3.8, 4) is 0 Å². The summed E-state index contributed by atoms with van der Waals surface area (Å²) in [6.45, 7) is 4.67. The minimum Gasteiger partial charge on any atom is -0.370 e. The van der Waals surface area contributed by atoms with Crippen LogP contribution < -0.4 is 4.90 Å². The Balaban J connectivity index is 1.57. The summed E-state index contributed by atoms with van der Waals surface area (Å²) in [6, 6.07) is 12.7. The van der Waals surface area contributed by atoms with Crippen LogP contribution in [0.5, 0.6) is 0 Å². The van der Waals surface area contributed by atoms with Crippen molar-refractivity contribution in [1.82, 2.24) is 4.90 Å². The number of carbonyl (C=O) groups is 1. The molecule has 1 fully saturated rings. The van der Waals surface area contributed by atoms with Crippen LogP contribution in [0.3, 0.4) is 0 Å². The van der Waals surface area contributed by atoms with E-state index in [1.807, 2.05) is 11.8 Å². The van der Waals surface area contributed by atoms with Gasteiger partial charge >= 0.3 is 0 Å². The van der Waals surface area contributed by atoms with Crippen molar-refractivity contribution >= 4 is 29.0 Å². The third-order valence-corrected chi connectivity index (χ3v) is 5.81. The molecule has 0 N–H and O–H groups in total. The van der Waals surface area contributed by atoms with E-state index in [2.05, 4.69) is 4.90 Å². The highest BCUT2D eigenvalue weighted by atomic mass is 32.2. The molecule has 28 heavy (non-hydrogen) atoms. The van der Waals surface area contributed by atoms with Crippen LogP contribution in [0.1, 0.15) is 13.3 Å². The van der Waals surface area contributed by atoms with Gasteiger partial charge in [0.15, 0.2) is 0 Å². The standard InChI is InChI=1S/C20H22FN3O3S/c1-15(28-19-9-7-18(8-10-19)24(26)27)20(25)23-12-2-11-22(13-14-23)17-5-3-16(21)4-6-17/h3-10,15H,2,11-14H2,1H3. The second kappa shape index (κ2) is 9.05. The van der Waals surface area contributed by atoms with E-state index in [1.165, 1.54) is 36.0 Å². The quantitative estimate of drug-likeness (QED) is 0.430.